The van der Waals surface area contributed by atoms with Crippen molar-refractivity contribution in [2.75, 3.05) is 11.4 Å². The van der Waals surface area contributed by atoms with Crippen LogP contribution in [0.1, 0.15) is 83.4 Å². The molecule has 6 heteroatoms. The Morgan fingerprint density at radius 1 is 1.09 bits per heavy atom. The number of nitrogens with one attached hydrogen (secondary N) is 2. The smallest absolute Gasteiger partial charge is 0.248 e. The molecule has 4 rings (SSSR count). The highest BCUT2D eigenvalue weighted by Gasteiger charge is 2.39. The molecule has 6 nitrogen and oxygen atoms in total. The molecule has 35 heavy (non-hydrogen) atoms. The summed E-state index contributed by atoms with van der Waals surface area (Å²) in [5, 5.41) is 6.66. The Morgan fingerprint density at radius 3 is 2.37 bits per heavy atom. The molecule has 1 unspecified atom stereocenters. The van der Waals surface area contributed by atoms with Crippen LogP contribution in [-0.4, -0.2) is 35.4 Å². The van der Waals surface area contributed by atoms with Crippen LogP contribution in [0.5, 0.6) is 0 Å². The maximum absolute atomic E-state index is 14.0. The monoisotopic (exact) mass is 476 g/mol. The van der Waals surface area contributed by atoms with Crippen molar-refractivity contribution in [1.82, 2.24) is 15.6 Å². The molecule has 2 N–H and O–H groups in total. The first-order valence-corrected chi connectivity index (χ1v) is 13.1. The van der Waals surface area contributed by atoms with Gasteiger partial charge < -0.3 is 10.6 Å². The largest absolute Gasteiger partial charge is 0.351 e. The number of amides is 2. The van der Waals surface area contributed by atoms with E-state index in [0.717, 1.165) is 49.9 Å². The predicted octanol–water partition coefficient (Wildman–Crippen LogP) is 4.90. The Hall–Kier alpha value is -2.73. The average molecular weight is 477 g/mol. The molecule has 0 spiro atoms. The number of anilines is 1. The van der Waals surface area contributed by atoms with E-state index in [1.165, 1.54) is 12.0 Å². The lowest BCUT2D eigenvalue weighted by Gasteiger charge is -2.35. The SMILES string of the molecule is C[C@H]1CN[C@@H](C(=O)N(c2ccc(C(C)(C)C)cc2)C(C(=O)NC2CCCCC2)c2cccnc2)C1. The summed E-state index contributed by atoms with van der Waals surface area (Å²) >= 11 is 0. The van der Waals surface area contributed by atoms with E-state index >= 15 is 0 Å². The molecule has 1 aliphatic carbocycles. The summed E-state index contributed by atoms with van der Waals surface area (Å²) in [4.78, 5) is 33.9. The third-order valence-corrected chi connectivity index (χ3v) is 7.36. The number of rotatable bonds is 6. The van der Waals surface area contributed by atoms with Crippen molar-refractivity contribution in [2.45, 2.75) is 89.8 Å². The standard InChI is InChI=1S/C29H40N4O2/c1-20-17-25(31-18-20)28(35)33(24-14-12-22(13-15-24)29(2,3)4)26(21-9-8-16-30-19-21)27(34)32-23-10-6-5-7-11-23/h8-9,12-16,19-20,23,25-26,31H,5-7,10-11,17-18H2,1-4H3,(H,32,34)/t20-,25-,26?/m1/s1. The van der Waals surface area contributed by atoms with Gasteiger partial charge in [-0.3, -0.25) is 19.5 Å². The van der Waals surface area contributed by atoms with Crippen LogP contribution >= 0.6 is 0 Å². The van der Waals surface area contributed by atoms with E-state index in [2.05, 4.69) is 55.4 Å². The van der Waals surface area contributed by atoms with Gasteiger partial charge in [0.2, 0.25) is 11.8 Å². The van der Waals surface area contributed by atoms with Crippen molar-refractivity contribution in [3.8, 4) is 0 Å². The van der Waals surface area contributed by atoms with Crippen molar-refractivity contribution < 1.29 is 9.59 Å². The molecule has 2 heterocycles. The second-order valence-electron chi connectivity index (χ2n) is 11.3. The highest BCUT2D eigenvalue weighted by molar-refractivity contribution is 6.04. The maximum Gasteiger partial charge on any atom is 0.248 e. The Kier molecular flexibility index (Phi) is 7.90. The Morgan fingerprint density at radius 2 is 1.80 bits per heavy atom. The number of aromatic nitrogens is 1. The minimum atomic E-state index is -0.781. The molecule has 1 aromatic heterocycles. The maximum atomic E-state index is 14.0. The fourth-order valence-corrected chi connectivity index (χ4v) is 5.28. The zero-order valence-corrected chi connectivity index (χ0v) is 21.6. The molecule has 2 aromatic rings. The summed E-state index contributed by atoms with van der Waals surface area (Å²) in [6.07, 6.45) is 9.62. The molecule has 1 saturated carbocycles. The average Bonchev–Trinajstić information content (AvgIpc) is 3.29. The summed E-state index contributed by atoms with van der Waals surface area (Å²) in [7, 11) is 0. The molecule has 3 atom stereocenters. The first-order chi connectivity index (χ1) is 16.7. The van der Waals surface area contributed by atoms with E-state index in [-0.39, 0.29) is 29.3 Å². The van der Waals surface area contributed by atoms with Gasteiger partial charge in [0.05, 0.1) is 6.04 Å². The summed E-state index contributed by atoms with van der Waals surface area (Å²) in [5.41, 5.74) is 2.64. The minimum Gasteiger partial charge on any atom is -0.351 e. The third kappa shape index (κ3) is 6.10. The number of hydrogen-bond acceptors (Lipinski definition) is 4. The molecule has 2 aliphatic rings. The zero-order chi connectivity index (χ0) is 25.0. The number of benzene rings is 1. The van der Waals surface area contributed by atoms with Gasteiger partial charge in [0.1, 0.15) is 6.04 Å². The molecule has 2 amide bonds. The van der Waals surface area contributed by atoms with E-state index in [9.17, 15) is 9.59 Å². The molecule has 0 radical (unpaired) electrons. The van der Waals surface area contributed by atoms with Crippen LogP contribution in [0.25, 0.3) is 0 Å². The van der Waals surface area contributed by atoms with Crippen molar-refractivity contribution in [3.63, 3.8) is 0 Å². The summed E-state index contributed by atoms with van der Waals surface area (Å²) in [6.45, 7) is 9.47. The topological polar surface area (TPSA) is 74.3 Å². The van der Waals surface area contributed by atoms with Gasteiger partial charge in [-0.15, -0.1) is 0 Å². The number of nitrogens with zero attached hydrogens (tertiary/aromatic N) is 2. The van der Waals surface area contributed by atoms with E-state index in [1.807, 2.05) is 24.3 Å². The van der Waals surface area contributed by atoms with Crippen LogP contribution in [0.3, 0.4) is 0 Å². The lowest BCUT2D eigenvalue weighted by molar-refractivity contribution is -0.128. The van der Waals surface area contributed by atoms with Crippen LogP contribution in [0.4, 0.5) is 5.69 Å². The molecule has 0 bridgehead atoms. The fraction of sp³-hybridized carbons (Fsp3) is 0.552. The van der Waals surface area contributed by atoms with E-state index in [4.69, 9.17) is 0 Å². The van der Waals surface area contributed by atoms with Crippen LogP contribution in [0, 0.1) is 5.92 Å². The Balaban J connectivity index is 1.74. The molecule has 1 aromatic carbocycles. The van der Waals surface area contributed by atoms with Crippen LogP contribution in [0.15, 0.2) is 48.8 Å². The van der Waals surface area contributed by atoms with Gasteiger partial charge in [-0.2, -0.15) is 0 Å². The van der Waals surface area contributed by atoms with Crippen LogP contribution in [-0.2, 0) is 15.0 Å². The second kappa shape index (κ2) is 10.9. The van der Waals surface area contributed by atoms with Crippen molar-refractivity contribution in [1.29, 1.82) is 0 Å². The van der Waals surface area contributed by atoms with E-state index < -0.39 is 6.04 Å². The first-order valence-electron chi connectivity index (χ1n) is 13.1. The van der Waals surface area contributed by atoms with Crippen molar-refractivity contribution >= 4 is 17.5 Å². The normalized spacial score (nSPS) is 21.9. The second-order valence-corrected chi connectivity index (χ2v) is 11.3. The van der Waals surface area contributed by atoms with Gasteiger partial charge in [0, 0.05) is 29.7 Å². The van der Waals surface area contributed by atoms with Gasteiger partial charge in [0.25, 0.3) is 0 Å². The minimum absolute atomic E-state index is 0.00306. The number of pyridine rings is 1. The molecular formula is C29H40N4O2. The third-order valence-electron chi connectivity index (χ3n) is 7.36. The zero-order valence-electron chi connectivity index (χ0n) is 21.6. The van der Waals surface area contributed by atoms with Crippen LogP contribution in [0.2, 0.25) is 0 Å². The lowest BCUT2D eigenvalue weighted by Crippen LogP contribution is -2.51. The first kappa shape index (κ1) is 25.4. The number of carbonyl (C=O) groups is 2. The van der Waals surface area contributed by atoms with Crippen molar-refractivity contribution in [2.24, 2.45) is 5.92 Å². The number of carbonyl (C=O) groups excluding carboxylic acids is 2. The van der Waals surface area contributed by atoms with E-state index in [0.29, 0.717) is 5.92 Å². The fourth-order valence-electron chi connectivity index (χ4n) is 5.28. The predicted molar refractivity (Wildman–Crippen MR) is 140 cm³/mol. The van der Waals surface area contributed by atoms with Crippen LogP contribution < -0.4 is 15.5 Å². The van der Waals surface area contributed by atoms with Gasteiger partial charge in [0.15, 0.2) is 0 Å². The summed E-state index contributed by atoms with van der Waals surface area (Å²) in [5.74, 6) is 0.219. The molecule has 2 fully saturated rings. The van der Waals surface area contributed by atoms with Gasteiger partial charge >= 0.3 is 0 Å². The van der Waals surface area contributed by atoms with Crippen molar-refractivity contribution in [3.05, 3.63) is 59.9 Å². The quantitative estimate of drug-likeness (QED) is 0.622. The Bertz CT molecular complexity index is 994. The molecule has 188 valence electrons. The van der Waals surface area contributed by atoms with Gasteiger partial charge in [-0.25, -0.2) is 0 Å². The summed E-state index contributed by atoms with van der Waals surface area (Å²) in [6, 6.07) is 10.9. The molecular weight excluding hydrogens is 436 g/mol. The summed E-state index contributed by atoms with van der Waals surface area (Å²) < 4.78 is 0. The highest BCUT2D eigenvalue weighted by atomic mass is 16.2. The van der Waals surface area contributed by atoms with E-state index in [1.54, 1.807) is 17.3 Å². The van der Waals surface area contributed by atoms with Gasteiger partial charge in [-0.05, 0) is 60.9 Å². The molecule has 1 saturated heterocycles. The molecule has 1 aliphatic heterocycles. The Labute approximate surface area is 209 Å². The highest BCUT2D eigenvalue weighted by Crippen LogP contribution is 2.33. The van der Waals surface area contributed by atoms with Gasteiger partial charge in [-0.1, -0.05) is 65.2 Å². The number of hydrogen-bond donors (Lipinski definition) is 2. The lowest BCUT2D eigenvalue weighted by atomic mass is 9.87.